The average Bonchev–Trinajstić information content (AvgIpc) is 3.73. The molecule has 2 N–H and O–H groups in total. The summed E-state index contributed by atoms with van der Waals surface area (Å²) in [4.78, 5) is 22.8. The molecular formula is C37H45F3N2O3. The Morgan fingerprint density at radius 3 is 1.93 bits per heavy atom. The number of fused-ring (bicyclic) bond motifs is 2. The Balaban J connectivity index is 0.000000154. The highest BCUT2D eigenvalue weighted by atomic mass is 19.3. The Morgan fingerprint density at radius 2 is 1.38 bits per heavy atom. The van der Waals surface area contributed by atoms with Crippen molar-refractivity contribution in [1.29, 1.82) is 0 Å². The molecule has 6 rings (SSSR count). The van der Waals surface area contributed by atoms with Gasteiger partial charge in [0.25, 0.3) is 5.91 Å². The highest BCUT2D eigenvalue weighted by molar-refractivity contribution is 6.05. The number of carbonyl (C=O) groups is 2. The average molecular weight is 623 g/mol. The number of anilines is 2. The fourth-order valence-corrected chi connectivity index (χ4v) is 5.17. The van der Waals surface area contributed by atoms with Crippen molar-refractivity contribution in [2.75, 3.05) is 10.6 Å². The molecule has 3 aliphatic rings. The Morgan fingerprint density at radius 1 is 0.800 bits per heavy atom. The lowest BCUT2D eigenvalue weighted by molar-refractivity contribution is -0.139. The van der Waals surface area contributed by atoms with Gasteiger partial charge in [0.15, 0.2) is 0 Å². The van der Waals surface area contributed by atoms with E-state index < -0.39 is 17.2 Å². The number of carbonyl (C=O) groups excluding carboxylic acids is 2. The van der Waals surface area contributed by atoms with Crippen molar-refractivity contribution in [1.82, 2.24) is 0 Å². The van der Waals surface area contributed by atoms with E-state index in [1.54, 1.807) is 6.07 Å². The summed E-state index contributed by atoms with van der Waals surface area (Å²) in [6, 6.07) is 16.2. The Hall–Kier alpha value is -3.81. The van der Waals surface area contributed by atoms with Gasteiger partial charge in [0.05, 0.1) is 22.8 Å². The molecule has 8 heteroatoms. The maximum Gasteiger partial charge on any atom is 0.352 e. The maximum absolute atomic E-state index is 13.5. The number of ether oxygens (including phenoxy) is 1. The molecule has 1 aliphatic carbocycles. The van der Waals surface area contributed by atoms with Gasteiger partial charge in [-0.25, -0.2) is 4.39 Å². The van der Waals surface area contributed by atoms with Crippen LogP contribution in [0.2, 0.25) is 0 Å². The minimum absolute atomic E-state index is 0.101. The second-order valence-corrected chi connectivity index (χ2v) is 13.3. The highest BCUT2D eigenvalue weighted by Crippen LogP contribution is 2.42. The first-order chi connectivity index (χ1) is 21.1. The van der Waals surface area contributed by atoms with Gasteiger partial charge in [-0.3, -0.25) is 9.59 Å². The van der Waals surface area contributed by atoms with Crippen molar-refractivity contribution in [2.24, 2.45) is 0 Å². The molecule has 1 saturated carbocycles. The van der Waals surface area contributed by atoms with Crippen LogP contribution >= 0.6 is 0 Å². The van der Waals surface area contributed by atoms with Crippen LogP contribution < -0.4 is 15.4 Å². The monoisotopic (exact) mass is 622 g/mol. The molecule has 3 aromatic carbocycles. The fraction of sp³-hybridized carbons (Fsp3) is 0.459. The van der Waals surface area contributed by atoms with Crippen molar-refractivity contribution in [3.05, 3.63) is 88.2 Å². The van der Waals surface area contributed by atoms with Crippen LogP contribution in [0, 0.1) is 5.82 Å². The summed E-state index contributed by atoms with van der Waals surface area (Å²) in [5, 5.41) is 5.10. The summed E-state index contributed by atoms with van der Waals surface area (Å²) in [6.45, 7) is 16.2. The summed E-state index contributed by atoms with van der Waals surface area (Å²) in [6.07, 6.45) is 3.67. The van der Waals surface area contributed by atoms with E-state index in [-0.39, 0.29) is 34.8 Å². The van der Waals surface area contributed by atoms with E-state index in [2.05, 4.69) is 36.6 Å². The number of hydrogen-bond donors (Lipinski definition) is 2. The van der Waals surface area contributed by atoms with Crippen molar-refractivity contribution >= 4 is 23.2 Å². The summed E-state index contributed by atoms with van der Waals surface area (Å²) < 4.78 is 45.7. The number of hydrogen-bond acceptors (Lipinski definition) is 3. The zero-order valence-electron chi connectivity index (χ0n) is 27.5. The SMILES string of the molecule is CC(C)c1ccc(OC2CC2)cc1F.CC(C)c1ccc2c(c1)C(F)(F)C(=O)N2.CCC(C)c1ccc2c(c1)C(C)(C)C(=O)N2. The third kappa shape index (κ3) is 7.54. The van der Waals surface area contributed by atoms with Crippen molar-refractivity contribution < 1.29 is 27.5 Å². The molecule has 2 amide bonds. The van der Waals surface area contributed by atoms with Crippen LogP contribution in [0.5, 0.6) is 5.75 Å². The van der Waals surface area contributed by atoms with Crippen LogP contribution in [0.3, 0.4) is 0 Å². The number of amides is 2. The molecule has 2 aliphatic heterocycles. The van der Waals surface area contributed by atoms with Crippen molar-refractivity contribution in [3.8, 4) is 5.75 Å². The van der Waals surface area contributed by atoms with Crippen LogP contribution in [0.15, 0.2) is 54.6 Å². The van der Waals surface area contributed by atoms with E-state index in [0.717, 1.165) is 41.6 Å². The number of benzene rings is 3. The zero-order chi connectivity index (χ0) is 33.3. The summed E-state index contributed by atoms with van der Waals surface area (Å²) >= 11 is 0. The molecule has 3 aromatic rings. The second-order valence-electron chi connectivity index (χ2n) is 13.3. The van der Waals surface area contributed by atoms with Gasteiger partial charge in [-0.15, -0.1) is 0 Å². The maximum atomic E-state index is 13.5. The van der Waals surface area contributed by atoms with Crippen LogP contribution in [0.25, 0.3) is 0 Å². The van der Waals surface area contributed by atoms with Gasteiger partial charge in [-0.05, 0) is 97.4 Å². The van der Waals surface area contributed by atoms with E-state index in [9.17, 15) is 22.8 Å². The minimum atomic E-state index is -3.39. The number of alkyl halides is 2. The Bertz CT molecular complexity index is 1560. The number of halogens is 3. The Kier molecular flexibility index (Phi) is 10.1. The molecule has 1 atom stereocenters. The lowest BCUT2D eigenvalue weighted by atomic mass is 9.84. The molecule has 1 fully saturated rings. The fourth-order valence-electron chi connectivity index (χ4n) is 5.17. The van der Waals surface area contributed by atoms with E-state index in [4.69, 9.17) is 4.74 Å². The van der Waals surface area contributed by atoms with E-state index in [1.165, 1.54) is 23.8 Å². The van der Waals surface area contributed by atoms with Gasteiger partial charge in [0.1, 0.15) is 11.6 Å². The summed E-state index contributed by atoms with van der Waals surface area (Å²) in [5.41, 5.74) is 4.62. The molecule has 2 heterocycles. The van der Waals surface area contributed by atoms with Crippen LogP contribution in [0.4, 0.5) is 24.5 Å². The first kappa shape index (κ1) is 34.1. The predicted molar refractivity (Wildman–Crippen MR) is 174 cm³/mol. The minimum Gasteiger partial charge on any atom is -0.490 e. The van der Waals surface area contributed by atoms with E-state index in [1.807, 2.05) is 59.7 Å². The zero-order valence-corrected chi connectivity index (χ0v) is 27.5. The van der Waals surface area contributed by atoms with Gasteiger partial charge in [0, 0.05) is 11.8 Å². The molecule has 242 valence electrons. The molecule has 0 radical (unpaired) electrons. The van der Waals surface area contributed by atoms with Crippen molar-refractivity contribution in [3.63, 3.8) is 0 Å². The first-order valence-electron chi connectivity index (χ1n) is 15.8. The molecule has 0 saturated heterocycles. The van der Waals surface area contributed by atoms with E-state index in [0.29, 0.717) is 17.8 Å². The van der Waals surface area contributed by atoms with Gasteiger partial charge in [-0.1, -0.05) is 65.8 Å². The van der Waals surface area contributed by atoms with Gasteiger partial charge in [0.2, 0.25) is 5.91 Å². The summed E-state index contributed by atoms with van der Waals surface area (Å²) in [7, 11) is 0. The highest BCUT2D eigenvalue weighted by Gasteiger charge is 2.48. The molecule has 0 spiro atoms. The van der Waals surface area contributed by atoms with Gasteiger partial charge in [-0.2, -0.15) is 8.78 Å². The van der Waals surface area contributed by atoms with Gasteiger partial charge >= 0.3 is 5.92 Å². The summed E-state index contributed by atoms with van der Waals surface area (Å²) in [5.74, 6) is -3.07. The molecule has 0 aromatic heterocycles. The third-order valence-electron chi connectivity index (χ3n) is 8.72. The predicted octanol–water partition coefficient (Wildman–Crippen LogP) is 9.77. The number of nitrogens with one attached hydrogen (secondary N) is 2. The standard InChI is InChI=1S/C14H19NO.C12H15FO.C11H11F2NO/c1-5-9(2)10-6-7-12-11(8-10)14(3,4)13(16)15-12;1-8(2)11-6-5-10(7-12(11)13)14-9-3-4-9;1-6(2)7-3-4-9-8(5-7)11(12,13)10(15)14-9/h6-9H,5H2,1-4H3,(H,15,16);5-9H,3-4H2,1-2H3;3-6H,1-2H3,(H,14,15). The van der Waals surface area contributed by atoms with Crippen LogP contribution in [-0.4, -0.2) is 17.9 Å². The van der Waals surface area contributed by atoms with Crippen molar-refractivity contribution in [2.45, 2.75) is 110 Å². The van der Waals surface area contributed by atoms with E-state index >= 15 is 0 Å². The third-order valence-corrected chi connectivity index (χ3v) is 8.72. The first-order valence-corrected chi connectivity index (χ1v) is 15.8. The normalized spacial score (nSPS) is 17.7. The lowest BCUT2D eigenvalue weighted by Gasteiger charge is -2.17. The topological polar surface area (TPSA) is 67.4 Å². The molecule has 1 unspecified atom stereocenters. The molecule has 0 bridgehead atoms. The molecule has 5 nitrogen and oxygen atoms in total. The number of rotatable bonds is 6. The largest absolute Gasteiger partial charge is 0.490 e. The van der Waals surface area contributed by atoms with Crippen LogP contribution in [-0.2, 0) is 20.9 Å². The lowest BCUT2D eigenvalue weighted by Crippen LogP contribution is -2.26. The second kappa shape index (κ2) is 13.3. The quantitative estimate of drug-likeness (QED) is 0.288. The Labute approximate surface area is 265 Å². The van der Waals surface area contributed by atoms with Gasteiger partial charge < -0.3 is 15.4 Å². The molecular weight excluding hydrogens is 577 g/mol. The molecule has 45 heavy (non-hydrogen) atoms. The smallest absolute Gasteiger partial charge is 0.352 e. The van der Waals surface area contributed by atoms with Crippen LogP contribution in [0.1, 0.15) is 120 Å².